The average molecular weight is 366 g/mol. The van der Waals surface area contributed by atoms with Crippen LogP contribution in [0.1, 0.15) is 37.8 Å². The molecular weight excluding hydrogens is 336 g/mol. The minimum Gasteiger partial charge on any atom is -0.390 e. The van der Waals surface area contributed by atoms with Gasteiger partial charge < -0.3 is 25.7 Å². The van der Waals surface area contributed by atoms with Crippen molar-refractivity contribution in [3.63, 3.8) is 0 Å². The number of nitrogens with one attached hydrogen (secondary N) is 2. The third-order valence-corrected chi connectivity index (χ3v) is 5.29. The van der Waals surface area contributed by atoms with Crippen LogP contribution >= 0.6 is 0 Å². The molecule has 26 heavy (non-hydrogen) atoms. The molecule has 1 heterocycles. The number of amides is 2. The molecule has 0 radical (unpaired) electrons. The SMILES string of the molecule is CN(C)Cc1cn(C[C@H]2C[C@@H](NC(=O)NC3CCCC3)[C@H](O)[C@@H]2O)nn1. The monoisotopic (exact) mass is 366 g/mol. The fraction of sp³-hybridized carbons (Fsp3) is 0.824. The maximum atomic E-state index is 12.1. The zero-order valence-electron chi connectivity index (χ0n) is 15.5. The van der Waals surface area contributed by atoms with E-state index < -0.39 is 18.2 Å². The van der Waals surface area contributed by atoms with Crippen LogP contribution in [0.5, 0.6) is 0 Å². The van der Waals surface area contributed by atoms with Crippen molar-refractivity contribution >= 4 is 6.03 Å². The Bertz CT molecular complexity index is 601. The summed E-state index contributed by atoms with van der Waals surface area (Å²) in [7, 11) is 3.92. The smallest absolute Gasteiger partial charge is 0.315 e. The van der Waals surface area contributed by atoms with E-state index in [-0.39, 0.29) is 18.0 Å². The highest BCUT2D eigenvalue weighted by Gasteiger charge is 2.42. The molecule has 0 bridgehead atoms. The second kappa shape index (κ2) is 8.32. The summed E-state index contributed by atoms with van der Waals surface area (Å²) >= 11 is 0. The Hall–Kier alpha value is -1.71. The number of urea groups is 1. The van der Waals surface area contributed by atoms with E-state index in [0.29, 0.717) is 19.5 Å². The number of carbonyl (C=O) groups is 1. The summed E-state index contributed by atoms with van der Waals surface area (Å²) < 4.78 is 1.69. The summed E-state index contributed by atoms with van der Waals surface area (Å²) in [5, 5.41) is 34.6. The van der Waals surface area contributed by atoms with E-state index in [1.54, 1.807) is 4.68 Å². The van der Waals surface area contributed by atoms with Gasteiger partial charge in [-0.05, 0) is 33.4 Å². The van der Waals surface area contributed by atoms with Crippen molar-refractivity contribution in [1.82, 2.24) is 30.5 Å². The first-order valence-electron chi connectivity index (χ1n) is 9.39. The molecule has 0 spiro atoms. The number of carbonyl (C=O) groups excluding carboxylic acids is 1. The van der Waals surface area contributed by atoms with Crippen molar-refractivity contribution in [3.05, 3.63) is 11.9 Å². The molecule has 9 nitrogen and oxygen atoms in total. The molecule has 0 aliphatic heterocycles. The molecule has 0 saturated heterocycles. The minimum absolute atomic E-state index is 0.185. The molecule has 2 aliphatic rings. The van der Waals surface area contributed by atoms with E-state index in [2.05, 4.69) is 20.9 Å². The van der Waals surface area contributed by atoms with Gasteiger partial charge in [0.05, 0.1) is 17.8 Å². The van der Waals surface area contributed by atoms with Crippen molar-refractivity contribution < 1.29 is 15.0 Å². The first kappa shape index (κ1) is 19.1. The Balaban J connectivity index is 1.51. The van der Waals surface area contributed by atoms with Crippen LogP contribution in [0.4, 0.5) is 4.79 Å². The van der Waals surface area contributed by atoms with Gasteiger partial charge in [-0.3, -0.25) is 4.68 Å². The first-order chi connectivity index (χ1) is 12.4. The number of aromatic nitrogens is 3. The highest BCUT2D eigenvalue weighted by Crippen LogP contribution is 2.28. The summed E-state index contributed by atoms with van der Waals surface area (Å²) in [5.74, 6) is -0.185. The highest BCUT2D eigenvalue weighted by atomic mass is 16.3. The molecule has 2 amide bonds. The molecule has 2 aliphatic carbocycles. The maximum absolute atomic E-state index is 12.1. The Morgan fingerprint density at radius 1 is 1.27 bits per heavy atom. The van der Waals surface area contributed by atoms with Crippen LogP contribution in [0, 0.1) is 5.92 Å². The summed E-state index contributed by atoms with van der Waals surface area (Å²) in [6.07, 6.45) is 4.79. The van der Waals surface area contributed by atoms with Gasteiger partial charge in [0.2, 0.25) is 0 Å². The van der Waals surface area contributed by atoms with Gasteiger partial charge in [-0.1, -0.05) is 18.1 Å². The summed E-state index contributed by atoms with van der Waals surface area (Å²) in [6, 6.07) is -0.497. The van der Waals surface area contributed by atoms with Crippen LogP contribution in [0.15, 0.2) is 6.20 Å². The van der Waals surface area contributed by atoms with Crippen LogP contribution in [0.25, 0.3) is 0 Å². The molecule has 3 rings (SSSR count). The lowest BCUT2D eigenvalue weighted by molar-refractivity contribution is 0.00857. The zero-order chi connectivity index (χ0) is 18.7. The van der Waals surface area contributed by atoms with Gasteiger partial charge in [0.1, 0.15) is 6.10 Å². The lowest BCUT2D eigenvalue weighted by Crippen LogP contribution is -2.49. The molecule has 9 heteroatoms. The predicted octanol–water partition coefficient (Wildman–Crippen LogP) is -0.308. The van der Waals surface area contributed by atoms with E-state index in [0.717, 1.165) is 31.4 Å². The maximum Gasteiger partial charge on any atom is 0.315 e. The number of aliphatic hydroxyl groups excluding tert-OH is 2. The van der Waals surface area contributed by atoms with Gasteiger partial charge in [0, 0.05) is 31.2 Å². The fourth-order valence-corrected chi connectivity index (χ4v) is 3.98. The minimum atomic E-state index is -0.973. The van der Waals surface area contributed by atoms with Gasteiger partial charge in [-0.2, -0.15) is 0 Å². The fourth-order valence-electron chi connectivity index (χ4n) is 3.98. The summed E-state index contributed by atoms with van der Waals surface area (Å²) in [6.45, 7) is 1.16. The van der Waals surface area contributed by atoms with Gasteiger partial charge in [0.15, 0.2) is 0 Å². The molecule has 4 atom stereocenters. The van der Waals surface area contributed by atoms with Gasteiger partial charge in [0.25, 0.3) is 0 Å². The molecule has 2 fully saturated rings. The largest absolute Gasteiger partial charge is 0.390 e. The van der Waals surface area contributed by atoms with Crippen molar-refractivity contribution in [3.8, 4) is 0 Å². The molecule has 2 saturated carbocycles. The van der Waals surface area contributed by atoms with Crippen LogP contribution < -0.4 is 10.6 Å². The lowest BCUT2D eigenvalue weighted by Gasteiger charge is -2.20. The number of nitrogens with zero attached hydrogens (tertiary/aromatic N) is 4. The standard InChI is InChI=1S/C17H30N6O3/c1-22(2)9-13-10-23(21-20-13)8-11-7-14(16(25)15(11)24)19-17(26)18-12-5-3-4-6-12/h10-12,14-16,24-25H,3-9H2,1-2H3,(H2,18,19,26)/t11-,14-,15-,16+/m1/s1. The van der Waals surface area contributed by atoms with Crippen LogP contribution in [0.2, 0.25) is 0 Å². The second-order valence-electron chi connectivity index (χ2n) is 7.85. The number of hydrogen-bond acceptors (Lipinski definition) is 6. The predicted molar refractivity (Wildman–Crippen MR) is 95.2 cm³/mol. The second-order valence-corrected chi connectivity index (χ2v) is 7.85. The van der Waals surface area contributed by atoms with Crippen LogP contribution in [-0.2, 0) is 13.1 Å². The van der Waals surface area contributed by atoms with E-state index in [1.165, 1.54) is 0 Å². The molecule has 4 N–H and O–H groups in total. The van der Waals surface area contributed by atoms with Gasteiger partial charge in [-0.15, -0.1) is 5.10 Å². The van der Waals surface area contributed by atoms with Crippen LogP contribution in [-0.4, -0.2) is 74.5 Å². The quantitative estimate of drug-likeness (QED) is 0.549. The molecule has 1 aromatic heterocycles. The lowest BCUT2D eigenvalue weighted by atomic mass is 10.1. The van der Waals surface area contributed by atoms with Crippen molar-refractivity contribution in [2.45, 2.75) is 69.5 Å². The van der Waals surface area contributed by atoms with E-state index in [9.17, 15) is 15.0 Å². The van der Waals surface area contributed by atoms with Crippen molar-refractivity contribution in [2.75, 3.05) is 14.1 Å². The van der Waals surface area contributed by atoms with Crippen molar-refractivity contribution in [1.29, 1.82) is 0 Å². The van der Waals surface area contributed by atoms with Crippen molar-refractivity contribution in [2.24, 2.45) is 5.92 Å². The highest BCUT2D eigenvalue weighted by molar-refractivity contribution is 5.74. The normalized spacial score (nSPS) is 29.4. The molecule has 146 valence electrons. The molecule has 0 aromatic carbocycles. The van der Waals surface area contributed by atoms with E-state index in [1.807, 2.05) is 25.2 Å². The van der Waals surface area contributed by atoms with E-state index in [4.69, 9.17) is 0 Å². The Morgan fingerprint density at radius 3 is 2.69 bits per heavy atom. The van der Waals surface area contributed by atoms with Crippen LogP contribution in [0.3, 0.4) is 0 Å². The zero-order valence-corrected chi connectivity index (χ0v) is 15.5. The molecule has 0 unspecified atom stereocenters. The molecule has 1 aromatic rings. The van der Waals surface area contributed by atoms with E-state index >= 15 is 0 Å². The Kier molecular flexibility index (Phi) is 6.10. The van der Waals surface area contributed by atoms with Gasteiger partial charge in [-0.25, -0.2) is 4.79 Å². The average Bonchev–Trinajstić information content (AvgIpc) is 3.28. The Labute approximate surface area is 153 Å². The third-order valence-electron chi connectivity index (χ3n) is 5.29. The third kappa shape index (κ3) is 4.72. The summed E-state index contributed by atoms with van der Waals surface area (Å²) in [5.41, 5.74) is 0.855. The number of hydrogen-bond donors (Lipinski definition) is 4. The topological polar surface area (TPSA) is 116 Å². The van der Waals surface area contributed by atoms with Gasteiger partial charge >= 0.3 is 6.03 Å². The summed E-state index contributed by atoms with van der Waals surface area (Å²) in [4.78, 5) is 14.1. The number of aliphatic hydroxyl groups is 2. The first-order valence-corrected chi connectivity index (χ1v) is 9.39. The molecular formula is C17H30N6O3. The Morgan fingerprint density at radius 2 is 2.00 bits per heavy atom. The number of rotatable bonds is 6.